The molecule has 1 aromatic heterocycles. The van der Waals surface area contributed by atoms with Gasteiger partial charge in [0.15, 0.2) is 17.3 Å². The van der Waals surface area contributed by atoms with Gasteiger partial charge in [0.1, 0.15) is 5.69 Å². The number of carbonyl (C=O) groups excluding carboxylic acids is 1. The van der Waals surface area contributed by atoms with Crippen LogP contribution in [0.5, 0.6) is 0 Å². The summed E-state index contributed by atoms with van der Waals surface area (Å²) in [4.78, 5) is 30.0. The second-order valence-electron chi connectivity index (χ2n) is 12.7. The Bertz CT molecular complexity index is 1230. The number of carbonyl (C=O) groups is 2. The predicted molar refractivity (Wildman–Crippen MR) is 154 cm³/mol. The highest BCUT2D eigenvalue weighted by Crippen LogP contribution is 2.39. The summed E-state index contributed by atoms with van der Waals surface area (Å²) in [6, 6.07) is 2.59. The first-order valence-electron chi connectivity index (χ1n) is 14.5. The third-order valence-electron chi connectivity index (χ3n) is 7.85. The van der Waals surface area contributed by atoms with Crippen LogP contribution in [0.3, 0.4) is 0 Å². The molecule has 42 heavy (non-hydrogen) atoms. The zero-order valence-corrected chi connectivity index (χ0v) is 25.7. The van der Waals surface area contributed by atoms with Gasteiger partial charge in [-0.15, -0.1) is 5.10 Å². The Hall–Kier alpha value is -3.12. The van der Waals surface area contributed by atoms with E-state index in [9.17, 15) is 28.6 Å². The van der Waals surface area contributed by atoms with E-state index < -0.39 is 53.2 Å². The van der Waals surface area contributed by atoms with Crippen molar-refractivity contribution < 1.29 is 33.3 Å². The van der Waals surface area contributed by atoms with Crippen LogP contribution in [0.4, 0.5) is 13.6 Å². The van der Waals surface area contributed by atoms with Gasteiger partial charge in [0.2, 0.25) is 0 Å². The Balaban J connectivity index is 2.17. The van der Waals surface area contributed by atoms with Crippen molar-refractivity contribution in [2.24, 2.45) is 17.3 Å². The molecule has 3 rings (SSSR count). The number of halogens is 2. The van der Waals surface area contributed by atoms with Gasteiger partial charge in [0.25, 0.3) is 5.91 Å². The molecule has 2 unspecified atom stereocenters. The lowest BCUT2D eigenvalue weighted by molar-refractivity contribution is -0.0453. The molecule has 1 aliphatic rings. The number of aliphatic hydroxyl groups is 1. The molecule has 0 bridgehead atoms. The van der Waals surface area contributed by atoms with Crippen LogP contribution in [0.25, 0.3) is 5.69 Å². The van der Waals surface area contributed by atoms with E-state index in [4.69, 9.17) is 4.74 Å². The number of methoxy groups -OCH3 is 1. The number of aromatic nitrogens is 3. The van der Waals surface area contributed by atoms with Gasteiger partial charge >= 0.3 is 6.09 Å². The van der Waals surface area contributed by atoms with Gasteiger partial charge in [-0.1, -0.05) is 45.9 Å². The Morgan fingerprint density at radius 3 is 2.45 bits per heavy atom. The van der Waals surface area contributed by atoms with E-state index >= 15 is 0 Å². The maximum absolute atomic E-state index is 14.9. The lowest BCUT2D eigenvalue weighted by Gasteiger charge is -2.53. The summed E-state index contributed by atoms with van der Waals surface area (Å²) in [7, 11) is 1.59. The van der Waals surface area contributed by atoms with E-state index in [1.807, 2.05) is 34.6 Å². The SMILES string of the molecule is COCCCCc1c(C(=O)N(CC(C)C)[C@H]2C[C@@H](C(C)O)CN(C(=O)O)C2C(C)(C)C)nnn1-c1cccc(F)c1F. The summed E-state index contributed by atoms with van der Waals surface area (Å²) >= 11 is 0. The molecule has 0 spiro atoms. The molecule has 0 radical (unpaired) electrons. The van der Waals surface area contributed by atoms with Gasteiger partial charge in [0.05, 0.1) is 23.9 Å². The fourth-order valence-corrected chi connectivity index (χ4v) is 5.96. The molecule has 10 nitrogen and oxygen atoms in total. The minimum atomic E-state index is -1.12. The molecular weight excluding hydrogens is 548 g/mol. The normalized spacial score (nSPS) is 20.2. The smallest absolute Gasteiger partial charge is 0.407 e. The Kier molecular flexibility index (Phi) is 11.0. The van der Waals surface area contributed by atoms with Crippen molar-refractivity contribution >= 4 is 12.0 Å². The van der Waals surface area contributed by atoms with Crippen LogP contribution in [0.2, 0.25) is 0 Å². The van der Waals surface area contributed by atoms with Gasteiger partial charge in [-0.2, -0.15) is 0 Å². The molecule has 1 fully saturated rings. The van der Waals surface area contributed by atoms with E-state index in [1.165, 1.54) is 21.7 Å². The Labute approximate surface area is 246 Å². The summed E-state index contributed by atoms with van der Waals surface area (Å²) in [6.45, 7) is 12.3. The number of benzene rings is 1. The maximum Gasteiger partial charge on any atom is 0.407 e. The average Bonchev–Trinajstić information content (AvgIpc) is 3.32. The molecule has 1 aromatic carbocycles. The second-order valence-corrected chi connectivity index (χ2v) is 12.7. The highest BCUT2D eigenvalue weighted by molar-refractivity contribution is 5.94. The summed E-state index contributed by atoms with van der Waals surface area (Å²) < 4.78 is 35.4. The lowest BCUT2D eigenvalue weighted by atomic mass is 9.73. The van der Waals surface area contributed by atoms with E-state index in [0.29, 0.717) is 44.5 Å². The number of unbranched alkanes of at least 4 members (excludes halogenated alkanes) is 1. The van der Waals surface area contributed by atoms with Crippen LogP contribution in [-0.2, 0) is 11.2 Å². The number of ether oxygens (including phenoxy) is 1. The molecular formula is C30H45F2N5O5. The largest absolute Gasteiger partial charge is 0.465 e. The van der Waals surface area contributed by atoms with Gasteiger partial charge in [-0.3, -0.25) is 4.79 Å². The molecule has 2 heterocycles. The van der Waals surface area contributed by atoms with E-state index in [-0.39, 0.29) is 23.8 Å². The molecule has 1 aliphatic heterocycles. The zero-order valence-electron chi connectivity index (χ0n) is 25.7. The summed E-state index contributed by atoms with van der Waals surface area (Å²) in [6.07, 6.45) is 0.0154. The van der Waals surface area contributed by atoms with Crippen LogP contribution in [0, 0.1) is 28.9 Å². The minimum Gasteiger partial charge on any atom is -0.465 e. The number of amides is 2. The fourth-order valence-electron chi connectivity index (χ4n) is 5.96. The van der Waals surface area contributed by atoms with Crippen molar-refractivity contribution in [1.82, 2.24) is 24.8 Å². The van der Waals surface area contributed by atoms with Crippen LogP contribution in [-0.4, -0.2) is 92.0 Å². The van der Waals surface area contributed by atoms with Crippen LogP contribution in [0.15, 0.2) is 18.2 Å². The quantitative estimate of drug-likeness (QED) is 0.360. The number of hydrogen-bond donors (Lipinski definition) is 2. The summed E-state index contributed by atoms with van der Waals surface area (Å²) in [5, 5.41) is 29.1. The van der Waals surface area contributed by atoms with Crippen molar-refractivity contribution in [2.45, 2.75) is 85.4 Å². The summed E-state index contributed by atoms with van der Waals surface area (Å²) in [5.41, 5.74) is -0.367. The first-order valence-corrected chi connectivity index (χ1v) is 14.5. The molecule has 4 atom stereocenters. The fraction of sp³-hybridized carbons (Fsp3) is 0.667. The van der Waals surface area contributed by atoms with Crippen molar-refractivity contribution in [3.63, 3.8) is 0 Å². The van der Waals surface area contributed by atoms with Crippen molar-refractivity contribution in [2.75, 3.05) is 26.8 Å². The van der Waals surface area contributed by atoms with Gasteiger partial charge in [-0.05, 0) is 56.1 Å². The standard InChI is InChI=1S/C30H45F2N5O5/c1-18(2)16-35(24-15-20(19(3)38)17-36(29(40)41)27(24)30(4,5)6)28(39)26-23(12-8-9-14-42-7)37(34-33-26)22-13-10-11-21(31)25(22)32/h10-11,13,18-20,24,27,38H,8-9,12,14-17H2,1-7H3,(H,40,41)/t19?,20-,24+,27?/m1/s1. The second kappa shape index (κ2) is 13.9. The highest BCUT2D eigenvalue weighted by atomic mass is 19.2. The highest BCUT2D eigenvalue weighted by Gasteiger charge is 2.49. The zero-order chi connectivity index (χ0) is 31.4. The monoisotopic (exact) mass is 593 g/mol. The van der Waals surface area contributed by atoms with E-state index in [0.717, 1.165) is 6.07 Å². The molecule has 2 aromatic rings. The number of hydrogen-bond acceptors (Lipinski definition) is 6. The molecule has 12 heteroatoms. The topological polar surface area (TPSA) is 121 Å². The van der Waals surface area contributed by atoms with E-state index in [1.54, 1.807) is 18.9 Å². The first-order chi connectivity index (χ1) is 19.7. The molecule has 0 saturated carbocycles. The molecule has 2 amide bonds. The van der Waals surface area contributed by atoms with Crippen molar-refractivity contribution in [1.29, 1.82) is 0 Å². The Morgan fingerprint density at radius 2 is 1.88 bits per heavy atom. The van der Waals surface area contributed by atoms with Crippen molar-refractivity contribution in [3.05, 3.63) is 41.2 Å². The van der Waals surface area contributed by atoms with Crippen LogP contribution < -0.4 is 0 Å². The van der Waals surface area contributed by atoms with Gasteiger partial charge in [-0.25, -0.2) is 18.3 Å². The third kappa shape index (κ3) is 7.44. The number of nitrogens with zero attached hydrogens (tertiary/aromatic N) is 5. The number of likely N-dealkylation sites (tertiary alicyclic amines) is 1. The number of aliphatic hydroxyl groups excluding tert-OH is 1. The van der Waals surface area contributed by atoms with Gasteiger partial charge in [0, 0.05) is 32.7 Å². The maximum atomic E-state index is 14.9. The van der Waals surface area contributed by atoms with Crippen molar-refractivity contribution in [3.8, 4) is 5.69 Å². The Morgan fingerprint density at radius 1 is 1.19 bits per heavy atom. The number of rotatable bonds is 11. The molecule has 0 aliphatic carbocycles. The molecule has 2 N–H and O–H groups in total. The van der Waals surface area contributed by atoms with Crippen LogP contribution >= 0.6 is 0 Å². The lowest BCUT2D eigenvalue weighted by Crippen LogP contribution is -2.65. The minimum absolute atomic E-state index is 0.00503. The molecule has 1 saturated heterocycles. The van der Waals surface area contributed by atoms with E-state index in [2.05, 4.69) is 10.3 Å². The average molecular weight is 594 g/mol. The predicted octanol–water partition coefficient (Wildman–Crippen LogP) is 4.78. The van der Waals surface area contributed by atoms with Crippen LogP contribution in [0.1, 0.15) is 77.0 Å². The summed E-state index contributed by atoms with van der Waals surface area (Å²) in [5.74, 6) is -2.99. The molecule has 234 valence electrons. The third-order valence-corrected chi connectivity index (χ3v) is 7.85. The van der Waals surface area contributed by atoms with Gasteiger partial charge < -0.3 is 24.7 Å². The first kappa shape index (κ1) is 33.4. The number of piperidine rings is 1. The number of carboxylic acid groups (broad SMARTS) is 1.